The van der Waals surface area contributed by atoms with Gasteiger partial charge < -0.3 is 19.3 Å². The minimum atomic E-state index is 0.355. The molecule has 1 aromatic carbocycles. The standard InChI is InChI=1S/C25H29N8O2/c1-30-7-9-31(10-8-30)21-4-3-18(13-23(21)34-2)24-25-27-17-29-33(25)22(15-26-24)19-14-28-32(16-19)20-5-11-35-12-6-20/h3-4,13-16,20H,5-12H2,1-2H3. The summed E-state index contributed by atoms with van der Waals surface area (Å²) in [7, 11) is 3.87. The highest BCUT2D eigenvalue weighted by molar-refractivity contribution is 5.79. The summed E-state index contributed by atoms with van der Waals surface area (Å²) < 4.78 is 15.1. The molecule has 2 aliphatic rings. The van der Waals surface area contributed by atoms with Crippen LogP contribution in [0.25, 0.3) is 28.2 Å². The number of likely N-dealkylation sites (N-methyl/N-ethyl adjacent to an activating group) is 1. The monoisotopic (exact) mass is 473 g/mol. The van der Waals surface area contributed by atoms with E-state index in [2.05, 4.69) is 56.7 Å². The molecule has 6 rings (SSSR count). The van der Waals surface area contributed by atoms with Crippen LogP contribution in [-0.4, -0.2) is 87.8 Å². The van der Waals surface area contributed by atoms with Crippen molar-refractivity contribution in [2.75, 3.05) is 58.5 Å². The third kappa shape index (κ3) is 4.12. The maximum absolute atomic E-state index is 5.78. The minimum Gasteiger partial charge on any atom is -0.495 e. The Morgan fingerprint density at radius 3 is 2.69 bits per heavy atom. The zero-order chi connectivity index (χ0) is 23.8. The van der Waals surface area contributed by atoms with Crippen LogP contribution in [0.2, 0.25) is 0 Å². The fourth-order valence-corrected chi connectivity index (χ4v) is 4.92. The van der Waals surface area contributed by atoms with Crippen molar-refractivity contribution in [1.29, 1.82) is 0 Å². The Kier molecular flexibility index (Phi) is 5.83. The van der Waals surface area contributed by atoms with Crippen LogP contribution in [0.15, 0.2) is 36.8 Å². The predicted octanol–water partition coefficient (Wildman–Crippen LogP) is 2.57. The summed E-state index contributed by atoms with van der Waals surface area (Å²) in [5, 5.41) is 8.99. The minimum absolute atomic E-state index is 0.355. The number of nitrogens with zero attached hydrogens (tertiary/aromatic N) is 8. The summed E-state index contributed by atoms with van der Waals surface area (Å²) in [5.41, 5.74) is 5.19. The van der Waals surface area contributed by atoms with Gasteiger partial charge in [0.2, 0.25) is 6.33 Å². The fraction of sp³-hybridized carbons (Fsp3) is 0.440. The van der Waals surface area contributed by atoms with E-state index in [9.17, 15) is 0 Å². The van der Waals surface area contributed by atoms with Crippen molar-refractivity contribution < 1.29 is 9.47 Å². The van der Waals surface area contributed by atoms with Crippen molar-refractivity contribution >= 4 is 11.3 Å². The molecule has 0 saturated carbocycles. The van der Waals surface area contributed by atoms with Crippen LogP contribution in [0, 0.1) is 6.33 Å². The number of hydrogen-bond acceptors (Lipinski definition) is 8. The van der Waals surface area contributed by atoms with Crippen molar-refractivity contribution in [3.63, 3.8) is 0 Å². The van der Waals surface area contributed by atoms with Crippen molar-refractivity contribution in [3.05, 3.63) is 43.1 Å². The Labute approximate surface area is 204 Å². The lowest BCUT2D eigenvalue weighted by Gasteiger charge is -2.34. The molecule has 2 fully saturated rings. The second kappa shape index (κ2) is 9.27. The molecule has 181 valence electrons. The molecule has 0 atom stereocenters. The van der Waals surface area contributed by atoms with Crippen molar-refractivity contribution in [2.24, 2.45) is 0 Å². The quantitative estimate of drug-likeness (QED) is 0.437. The highest BCUT2D eigenvalue weighted by Gasteiger charge is 2.21. The van der Waals surface area contributed by atoms with Gasteiger partial charge in [0.1, 0.15) is 11.4 Å². The molecule has 10 heteroatoms. The van der Waals surface area contributed by atoms with Crippen LogP contribution in [0.3, 0.4) is 0 Å². The van der Waals surface area contributed by atoms with E-state index in [4.69, 9.17) is 14.5 Å². The Morgan fingerprint density at radius 2 is 1.89 bits per heavy atom. The molecule has 5 heterocycles. The molecule has 3 aromatic heterocycles. The average Bonchev–Trinajstić information content (AvgIpc) is 3.60. The lowest BCUT2D eigenvalue weighted by Crippen LogP contribution is -2.44. The van der Waals surface area contributed by atoms with E-state index in [-0.39, 0.29) is 0 Å². The van der Waals surface area contributed by atoms with Gasteiger partial charge in [-0.05, 0) is 32.0 Å². The normalized spacial score (nSPS) is 17.8. The van der Waals surface area contributed by atoms with Gasteiger partial charge in [-0.2, -0.15) is 5.10 Å². The molecule has 35 heavy (non-hydrogen) atoms. The molecule has 10 nitrogen and oxygen atoms in total. The molecule has 0 amide bonds. The Morgan fingerprint density at radius 1 is 1.06 bits per heavy atom. The Hall–Kier alpha value is -3.50. The molecule has 0 N–H and O–H groups in total. The second-order valence-corrected chi connectivity index (χ2v) is 9.17. The average molecular weight is 474 g/mol. The van der Waals surface area contributed by atoms with Gasteiger partial charge in [0.25, 0.3) is 0 Å². The van der Waals surface area contributed by atoms with Gasteiger partial charge in [-0.25, -0.2) is 14.5 Å². The first-order valence-corrected chi connectivity index (χ1v) is 12.1. The number of fused-ring (bicyclic) bond motifs is 1. The van der Waals surface area contributed by atoms with Crippen molar-refractivity contribution in [3.8, 4) is 28.3 Å². The van der Waals surface area contributed by atoms with Gasteiger partial charge >= 0.3 is 0 Å². The van der Waals surface area contributed by atoms with Crippen LogP contribution in [-0.2, 0) is 4.74 Å². The number of aromatic nitrogens is 6. The second-order valence-electron chi connectivity index (χ2n) is 9.17. The van der Waals surface area contributed by atoms with Gasteiger partial charge in [-0.3, -0.25) is 4.68 Å². The topological polar surface area (TPSA) is 85.8 Å². The van der Waals surface area contributed by atoms with Crippen LogP contribution in [0.1, 0.15) is 18.9 Å². The molecule has 0 unspecified atom stereocenters. The zero-order valence-corrected chi connectivity index (χ0v) is 20.1. The van der Waals surface area contributed by atoms with Crippen molar-refractivity contribution in [2.45, 2.75) is 18.9 Å². The fourth-order valence-electron chi connectivity index (χ4n) is 4.92. The van der Waals surface area contributed by atoms with Crippen molar-refractivity contribution in [1.82, 2.24) is 34.3 Å². The smallest absolute Gasteiger partial charge is 0.221 e. The van der Waals surface area contributed by atoms with Crippen LogP contribution in [0.5, 0.6) is 5.75 Å². The first-order valence-electron chi connectivity index (χ1n) is 12.1. The predicted molar refractivity (Wildman–Crippen MR) is 132 cm³/mol. The third-order valence-electron chi connectivity index (χ3n) is 7.02. The van der Waals surface area contributed by atoms with Gasteiger partial charge in [-0.15, -0.1) is 5.10 Å². The summed E-state index contributed by atoms with van der Waals surface area (Å²) in [4.78, 5) is 13.9. The summed E-state index contributed by atoms with van der Waals surface area (Å²) in [5.74, 6) is 0.831. The molecule has 0 aliphatic carbocycles. The summed E-state index contributed by atoms with van der Waals surface area (Å²) in [6.07, 6.45) is 10.4. The SMILES string of the molecule is COc1cc(-c2ncc(-c3cnn(C4CCOCC4)c3)n3n[c]nc23)ccc1N1CCN(C)CC1. The highest BCUT2D eigenvalue weighted by atomic mass is 16.5. The van der Waals surface area contributed by atoms with Crippen LogP contribution >= 0.6 is 0 Å². The maximum atomic E-state index is 5.78. The maximum Gasteiger partial charge on any atom is 0.221 e. The largest absolute Gasteiger partial charge is 0.495 e. The van der Waals surface area contributed by atoms with E-state index in [1.807, 2.05) is 23.1 Å². The van der Waals surface area contributed by atoms with Gasteiger partial charge in [-0.1, -0.05) is 6.07 Å². The number of anilines is 1. The van der Waals surface area contributed by atoms with Gasteiger partial charge in [0.15, 0.2) is 5.65 Å². The number of ether oxygens (including phenoxy) is 2. The van der Waals surface area contributed by atoms with E-state index in [1.165, 1.54) is 0 Å². The van der Waals surface area contributed by atoms with Gasteiger partial charge in [0, 0.05) is 56.7 Å². The first kappa shape index (κ1) is 22.0. The number of benzene rings is 1. The number of hydrogen-bond donors (Lipinski definition) is 0. The van der Waals surface area contributed by atoms with E-state index < -0.39 is 0 Å². The van der Waals surface area contributed by atoms with E-state index in [0.717, 1.165) is 86.2 Å². The molecular weight excluding hydrogens is 444 g/mol. The Balaban J connectivity index is 1.33. The lowest BCUT2D eigenvalue weighted by atomic mass is 10.1. The first-order chi connectivity index (χ1) is 17.2. The molecule has 0 spiro atoms. The third-order valence-corrected chi connectivity index (χ3v) is 7.02. The summed E-state index contributed by atoms with van der Waals surface area (Å²) >= 11 is 0. The summed E-state index contributed by atoms with van der Waals surface area (Å²) in [6.45, 7) is 5.57. The summed E-state index contributed by atoms with van der Waals surface area (Å²) in [6, 6.07) is 6.58. The molecule has 0 bridgehead atoms. The molecule has 1 radical (unpaired) electrons. The molecule has 4 aromatic rings. The van der Waals surface area contributed by atoms with Crippen LogP contribution in [0.4, 0.5) is 5.69 Å². The van der Waals surface area contributed by atoms with Crippen LogP contribution < -0.4 is 9.64 Å². The zero-order valence-electron chi connectivity index (χ0n) is 20.1. The number of rotatable bonds is 5. The number of piperazine rings is 1. The highest BCUT2D eigenvalue weighted by Crippen LogP contribution is 2.35. The van der Waals surface area contributed by atoms with E-state index >= 15 is 0 Å². The molecule has 2 aliphatic heterocycles. The molecular formula is C25H29N8O2. The lowest BCUT2D eigenvalue weighted by molar-refractivity contribution is 0.0662. The van der Waals surface area contributed by atoms with E-state index in [0.29, 0.717) is 11.7 Å². The van der Waals surface area contributed by atoms with Gasteiger partial charge in [0.05, 0.1) is 36.9 Å². The molecule has 2 saturated heterocycles. The number of methoxy groups -OCH3 is 1. The van der Waals surface area contributed by atoms with E-state index in [1.54, 1.807) is 11.6 Å². The Bertz CT molecular complexity index is 1320.